The van der Waals surface area contributed by atoms with Gasteiger partial charge >= 0.3 is 0 Å². The topological polar surface area (TPSA) is 39.6 Å². The van der Waals surface area contributed by atoms with Gasteiger partial charge in [-0.1, -0.05) is 6.42 Å². The van der Waals surface area contributed by atoms with E-state index in [4.69, 9.17) is 4.98 Å². The fourth-order valence-electron chi connectivity index (χ4n) is 3.78. The molecule has 0 spiro atoms. The molecular formula is C17H21N3O. The molecule has 0 aliphatic carbocycles. The Balaban J connectivity index is 1.66. The number of aromatic nitrogens is 1. The first-order valence-corrected chi connectivity index (χ1v) is 7.77. The van der Waals surface area contributed by atoms with Gasteiger partial charge < -0.3 is 10.0 Å². The van der Waals surface area contributed by atoms with Gasteiger partial charge in [-0.15, -0.1) is 0 Å². The summed E-state index contributed by atoms with van der Waals surface area (Å²) in [5.41, 5.74) is 0.953. The Labute approximate surface area is 125 Å². The summed E-state index contributed by atoms with van der Waals surface area (Å²) in [6, 6.07) is 10.8. The molecule has 21 heavy (non-hydrogen) atoms. The van der Waals surface area contributed by atoms with Crippen LogP contribution in [0, 0.1) is 0 Å². The average Bonchev–Trinajstić information content (AvgIpc) is 2.46. The lowest BCUT2D eigenvalue weighted by molar-refractivity contribution is 0.0947. The van der Waals surface area contributed by atoms with Crippen molar-refractivity contribution in [3.8, 4) is 5.75 Å². The molecule has 3 heterocycles. The van der Waals surface area contributed by atoms with Crippen molar-refractivity contribution in [2.75, 3.05) is 25.0 Å². The molecular weight excluding hydrogens is 262 g/mol. The number of nitrogens with zero attached hydrogens (tertiary/aromatic N) is 3. The van der Waals surface area contributed by atoms with Crippen molar-refractivity contribution >= 4 is 16.7 Å². The highest BCUT2D eigenvalue weighted by molar-refractivity contribution is 5.81. The second-order valence-electron chi connectivity index (χ2n) is 6.36. The highest BCUT2D eigenvalue weighted by atomic mass is 16.3. The molecule has 4 rings (SSSR count). The van der Waals surface area contributed by atoms with E-state index < -0.39 is 0 Å². The monoisotopic (exact) mass is 283 g/mol. The van der Waals surface area contributed by atoms with Gasteiger partial charge in [-0.2, -0.15) is 0 Å². The number of piperidine rings is 1. The molecule has 2 aromatic rings. The number of pyridine rings is 1. The summed E-state index contributed by atoms with van der Waals surface area (Å²) in [7, 11) is 2.27. The quantitative estimate of drug-likeness (QED) is 0.873. The summed E-state index contributed by atoms with van der Waals surface area (Å²) < 4.78 is 0. The highest BCUT2D eigenvalue weighted by Gasteiger charge is 2.35. The molecule has 0 radical (unpaired) electrons. The normalized spacial score (nSPS) is 26.2. The van der Waals surface area contributed by atoms with Crippen molar-refractivity contribution < 1.29 is 5.11 Å². The summed E-state index contributed by atoms with van der Waals surface area (Å²) >= 11 is 0. The third kappa shape index (κ3) is 2.23. The van der Waals surface area contributed by atoms with E-state index in [0.29, 0.717) is 17.8 Å². The van der Waals surface area contributed by atoms with Crippen LogP contribution in [0.1, 0.15) is 19.3 Å². The van der Waals surface area contributed by atoms with Crippen molar-refractivity contribution in [2.45, 2.75) is 31.3 Å². The maximum Gasteiger partial charge on any atom is 0.129 e. The lowest BCUT2D eigenvalue weighted by Crippen LogP contribution is -2.59. The van der Waals surface area contributed by atoms with Crippen molar-refractivity contribution in [2.24, 2.45) is 0 Å². The minimum absolute atomic E-state index is 0.297. The van der Waals surface area contributed by atoms with Gasteiger partial charge in [0.2, 0.25) is 0 Å². The van der Waals surface area contributed by atoms with Crippen LogP contribution < -0.4 is 4.90 Å². The Hall–Kier alpha value is -1.81. The number of hydrogen-bond acceptors (Lipinski definition) is 4. The van der Waals surface area contributed by atoms with Crippen LogP contribution in [0.2, 0.25) is 0 Å². The molecule has 2 saturated heterocycles. The molecule has 2 bridgehead atoms. The van der Waals surface area contributed by atoms with E-state index in [0.717, 1.165) is 29.8 Å². The molecule has 4 heteroatoms. The van der Waals surface area contributed by atoms with E-state index in [1.54, 1.807) is 12.1 Å². The largest absolute Gasteiger partial charge is 0.508 e. The van der Waals surface area contributed by atoms with Crippen LogP contribution in [-0.2, 0) is 0 Å². The van der Waals surface area contributed by atoms with Gasteiger partial charge in [0, 0.05) is 30.6 Å². The zero-order valence-corrected chi connectivity index (χ0v) is 12.4. The number of benzene rings is 1. The van der Waals surface area contributed by atoms with E-state index in [1.165, 1.54) is 19.3 Å². The van der Waals surface area contributed by atoms with Gasteiger partial charge in [0.05, 0.1) is 5.52 Å². The molecule has 2 fully saturated rings. The van der Waals surface area contributed by atoms with Crippen LogP contribution in [0.5, 0.6) is 5.75 Å². The molecule has 110 valence electrons. The Kier molecular flexibility index (Phi) is 3.00. The summed E-state index contributed by atoms with van der Waals surface area (Å²) in [5, 5.41) is 10.5. The van der Waals surface area contributed by atoms with Crippen LogP contribution in [0.3, 0.4) is 0 Å². The predicted octanol–water partition coefficient (Wildman–Crippen LogP) is 2.61. The fraction of sp³-hybridized carbons (Fsp3) is 0.471. The number of hydrogen-bond donors (Lipinski definition) is 1. The first kappa shape index (κ1) is 12.9. The van der Waals surface area contributed by atoms with E-state index in [1.807, 2.05) is 6.07 Å². The number of fused-ring (bicyclic) bond motifs is 3. The number of phenolic OH excluding ortho intramolecular Hbond substituents is 1. The third-order valence-corrected chi connectivity index (χ3v) is 5.07. The smallest absolute Gasteiger partial charge is 0.129 e. The summed E-state index contributed by atoms with van der Waals surface area (Å²) in [5.74, 6) is 1.37. The standard InChI is InChI=1S/C17H21N3O/c1-19-13-3-2-4-14(19)11-20(10-13)17-8-5-12-9-15(21)6-7-16(12)18-17/h5-9,13-14,21H,2-4,10-11H2,1H3. The van der Waals surface area contributed by atoms with Crippen LogP contribution >= 0.6 is 0 Å². The number of likely N-dealkylation sites (N-methyl/N-ethyl adjacent to an activating group) is 1. The number of piperazine rings is 1. The molecule has 0 saturated carbocycles. The predicted molar refractivity (Wildman–Crippen MR) is 84.8 cm³/mol. The number of phenols is 1. The highest BCUT2D eigenvalue weighted by Crippen LogP contribution is 2.30. The summed E-state index contributed by atoms with van der Waals surface area (Å²) in [6.45, 7) is 2.15. The number of aromatic hydroxyl groups is 1. The van der Waals surface area contributed by atoms with Crippen LogP contribution in [0.25, 0.3) is 10.9 Å². The molecule has 1 aromatic carbocycles. The first-order valence-electron chi connectivity index (χ1n) is 7.77. The average molecular weight is 283 g/mol. The molecule has 1 aromatic heterocycles. The maximum atomic E-state index is 9.54. The second kappa shape index (κ2) is 4.88. The van der Waals surface area contributed by atoms with Gasteiger partial charge in [0.15, 0.2) is 0 Å². The minimum atomic E-state index is 0.297. The maximum absolute atomic E-state index is 9.54. The lowest BCUT2D eigenvalue weighted by Gasteiger charge is -2.48. The van der Waals surface area contributed by atoms with E-state index in [9.17, 15) is 5.11 Å². The van der Waals surface area contributed by atoms with E-state index in [-0.39, 0.29) is 0 Å². The van der Waals surface area contributed by atoms with Gasteiger partial charge in [0.25, 0.3) is 0 Å². The zero-order chi connectivity index (χ0) is 14.4. The van der Waals surface area contributed by atoms with Gasteiger partial charge in [-0.25, -0.2) is 4.98 Å². The van der Waals surface area contributed by atoms with Crippen molar-refractivity contribution in [3.63, 3.8) is 0 Å². The van der Waals surface area contributed by atoms with Crippen molar-refractivity contribution in [1.29, 1.82) is 0 Å². The molecule has 0 amide bonds. The molecule has 2 unspecified atom stereocenters. The molecule has 1 N–H and O–H groups in total. The van der Waals surface area contributed by atoms with Gasteiger partial charge in [0.1, 0.15) is 11.6 Å². The first-order chi connectivity index (χ1) is 10.2. The number of anilines is 1. The molecule has 2 aliphatic rings. The second-order valence-corrected chi connectivity index (χ2v) is 6.36. The van der Waals surface area contributed by atoms with Gasteiger partial charge in [-0.3, -0.25) is 4.90 Å². The summed E-state index contributed by atoms with van der Waals surface area (Å²) in [6.07, 6.45) is 3.95. The number of rotatable bonds is 1. The van der Waals surface area contributed by atoms with Crippen molar-refractivity contribution in [1.82, 2.24) is 9.88 Å². The van der Waals surface area contributed by atoms with E-state index >= 15 is 0 Å². The SMILES string of the molecule is CN1C2CCCC1CN(c1ccc3cc(O)ccc3n1)C2. The Bertz CT molecular complexity index is 658. The van der Waals surface area contributed by atoms with Crippen LogP contribution in [-0.4, -0.2) is 47.2 Å². The Morgan fingerprint density at radius 1 is 1.10 bits per heavy atom. The third-order valence-electron chi connectivity index (χ3n) is 5.07. The van der Waals surface area contributed by atoms with Crippen molar-refractivity contribution in [3.05, 3.63) is 30.3 Å². The summed E-state index contributed by atoms with van der Waals surface area (Å²) in [4.78, 5) is 9.77. The lowest BCUT2D eigenvalue weighted by atomic mass is 9.92. The zero-order valence-electron chi connectivity index (χ0n) is 12.4. The van der Waals surface area contributed by atoms with Crippen LogP contribution in [0.4, 0.5) is 5.82 Å². The fourth-order valence-corrected chi connectivity index (χ4v) is 3.78. The van der Waals surface area contributed by atoms with E-state index in [2.05, 4.69) is 29.0 Å². The van der Waals surface area contributed by atoms with Crippen LogP contribution in [0.15, 0.2) is 30.3 Å². The Morgan fingerprint density at radius 2 is 1.86 bits per heavy atom. The Morgan fingerprint density at radius 3 is 2.62 bits per heavy atom. The molecule has 2 atom stereocenters. The van der Waals surface area contributed by atoms with Gasteiger partial charge in [-0.05, 0) is 50.2 Å². The molecule has 4 nitrogen and oxygen atoms in total. The minimum Gasteiger partial charge on any atom is -0.508 e. The molecule has 2 aliphatic heterocycles.